The molecule has 0 aliphatic carbocycles. The fraction of sp³-hybridized carbons (Fsp3) is 0.333. The van der Waals surface area contributed by atoms with E-state index in [0.29, 0.717) is 11.6 Å². The van der Waals surface area contributed by atoms with E-state index in [2.05, 4.69) is 12.2 Å². The molecule has 1 aromatic heterocycles. The number of aliphatic hydroxyl groups excluding tert-OH is 1. The summed E-state index contributed by atoms with van der Waals surface area (Å²) in [6, 6.07) is 11.4. The van der Waals surface area contributed by atoms with Crippen LogP contribution in [0.5, 0.6) is 0 Å². The van der Waals surface area contributed by atoms with Gasteiger partial charge in [-0.1, -0.05) is 29.8 Å². The summed E-state index contributed by atoms with van der Waals surface area (Å²) in [5.74, 6) is 0.937. The first-order valence-electron chi connectivity index (χ1n) is 6.35. The van der Waals surface area contributed by atoms with Crippen LogP contribution in [0.3, 0.4) is 0 Å². The first-order chi connectivity index (χ1) is 9.16. The molecule has 19 heavy (non-hydrogen) atoms. The number of rotatable bonds is 6. The minimum Gasteiger partial charge on any atom is -0.469 e. The highest BCUT2D eigenvalue weighted by Gasteiger charge is 2.12. The van der Waals surface area contributed by atoms with Gasteiger partial charge < -0.3 is 14.8 Å². The van der Waals surface area contributed by atoms with Gasteiger partial charge in [0, 0.05) is 29.6 Å². The van der Waals surface area contributed by atoms with E-state index in [1.807, 2.05) is 30.3 Å². The molecule has 2 unspecified atom stereocenters. The predicted octanol–water partition coefficient (Wildman–Crippen LogP) is 3.19. The van der Waals surface area contributed by atoms with Crippen molar-refractivity contribution in [3.05, 3.63) is 59.0 Å². The first kappa shape index (κ1) is 14.1. The van der Waals surface area contributed by atoms with Crippen molar-refractivity contribution in [1.29, 1.82) is 0 Å². The van der Waals surface area contributed by atoms with Gasteiger partial charge in [0.05, 0.1) is 12.4 Å². The zero-order chi connectivity index (χ0) is 13.7. The van der Waals surface area contributed by atoms with Crippen LogP contribution in [0.15, 0.2) is 47.1 Å². The summed E-state index contributed by atoms with van der Waals surface area (Å²) in [5.41, 5.74) is 0.752. The maximum Gasteiger partial charge on any atom is 0.105 e. The molecule has 1 aromatic carbocycles. The monoisotopic (exact) mass is 279 g/mol. The normalized spacial score (nSPS) is 14.3. The predicted molar refractivity (Wildman–Crippen MR) is 76.3 cm³/mol. The lowest BCUT2D eigenvalue weighted by atomic mass is 10.1. The van der Waals surface area contributed by atoms with Gasteiger partial charge in [-0.3, -0.25) is 0 Å². The molecule has 3 nitrogen and oxygen atoms in total. The zero-order valence-electron chi connectivity index (χ0n) is 10.8. The minimum absolute atomic E-state index is 0.225. The molecule has 0 aliphatic rings. The Hall–Kier alpha value is -1.29. The lowest BCUT2D eigenvalue weighted by molar-refractivity contribution is 0.170. The summed E-state index contributed by atoms with van der Waals surface area (Å²) in [4.78, 5) is 0. The third-order valence-corrected chi connectivity index (χ3v) is 3.36. The van der Waals surface area contributed by atoms with E-state index in [0.717, 1.165) is 17.7 Å². The van der Waals surface area contributed by atoms with Crippen molar-refractivity contribution in [3.8, 4) is 0 Å². The van der Waals surface area contributed by atoms with Crippen LogP contribution in [0.1, 0.15) is 24.4 Å². The van der Waals surface area contributed by atoms with Crippen molar-refractivity contribution < 1.29 is 9.52 Å². The molecule has 2 atom stereocenters. The van der Waals surface area contributed by atoms with Crippen LogP contribution in [-0.4, -0.2) is 17.7 Å². The van der Waals surface area contributed by atoms with Gasteiger partial charge >= 0.3 is 0 Å². The summed E-state index contributed by atoms with van der Waals surface area (Å²) in [5, 5.41) is 14.0. The van der Waals surface area contributed by atoms with E-state index >= 15 is 0 Å². The molecule has 2 aromatic rings. The zero-order valence-corrected chi connectivity index (χ0v) is 11.6. The second-order valence-corrected chi connectivity index (χ2v) is 5.04. The van der Waals surface area contributed by atoms with Gasteiger partial charge in [-0.05, 0) is 25.1 Å². The molecule has 0 saturated heterocycles. The number of hydrogen-bond acceptors (Lipinski definition) is 3. The van der Waals surface area contributed by atoms with Crippen LogP contribution in [0, 0.1) is 0 Å². The number of nitrogens with one attached hydrogen (secondary N) is 1. The Morgan fingerprint density at radius 2 is 2.05 bits per heavy atom. The lowest BCUT2D eigenvalue weighted by Crippen LogP contribution is -2.32. The summed E-state index contributed by atoms with van der Waals surface area (Å²) >= 11 is 6.05. The molecule has 1 heterocycles. The second-order valence-electron chi connectivity index (χ2n) is 4.63. The van der Waals surface area contributed by atoms with E-state index in [4.69, 9.17) is 16.0 Å². The van der Waals surface area contributed by atoms with Gasteiger partial charge in [-0.2, -0.15) is 0 Å². The van der Waals surface area contributed by atoms with E-state index < -0.39 is 6.10 Å². The van der Waals surface area contributed by atoms with Gasteiger partial charge in [-0.25, -0.2) is 0 Å². The Morgan fingerprint density at radius 3 is 2.74 bits per heavy atom. The minimum atomic E-state index is -0.604. The van der Waals surface area contributed by atoms with E-state index in [1.165, 1.54) is 0 Å². The highest BCUT2D eigenvalue weighted by atomic mass is 35.5. The van der Waals surface area contributed by atoms with Crippen molar-refractivity contribution in [1.82, 2.24) is 5.32 Å². The average Bonchev–Trinajstić information content (AvgIpc) is 2.89. The standard InChI is InChI=1S/C15H18ClNO2/c1-11(9-12-5-4-8-19-12)17-10-15(18)13-6-2-3-7-14(13)16/h2-8,11,15,17-18H,9-10H2,1H3. The van der Waals surface area contributed by atoms with Crippen LogP contribution in [0.25, 0.3) is 0 Å². The Labute approximate surface area is 118 Å². The number of hydrogen-bond donors (Lipinski definition) is 2. The van der Waals surface area contributed by atoms with Crippen LogP contribution >= 0.6 is 11.6 Å². The Kier molecular flexibility index (Phi) is 5.02. The van der Waals surface area contributed by atoms with E-state index in [-0.39, 0.29) is 6.04 Å². The van der Waals surface area contributed by atoms with E-state index in [1.54, 1.807) is 12.3 Å². The molecule has 2 N–H and O–H groups in total. The SMILES string of the molecule is CC(Cc1ccco1)NCC(O)c1ccccc1Cl. The molecule has 0 radical (unpaired) electrons. The number of benzene rings is 1. The molecule has 0 amide bonds. The van der Waals surface area contributed by atoms with Crippen molar-refractivity contribution in [2.24, 2.45) is 0 Å². The van der Waals surface area contributed by atoms with Gasteiger partial charge in [0.2, 0.25) is 0 Å². The smallest absolute Gasteiger partial charge is 0.105 e. The highest BCUT2D eigenvalue weighted by molar-refractivity contribution is 6.31. The summed E-state index contributed by atoms with van der Waals surface area (Å²) in [7, 11) is 0. The van der Waals surface area contributed by atoms with Gasteiger partial charge in [-0.15, -0.1) is 0 Å². The highest BCUT2D eigenvalue weighted by Crippen LogP contribution is 2.22. The molecule has 0 spiro atoms. The molecule has 2 rings (SSSR count). The van der Waals surface area contributed by atoms with E-state index in [9.17, 15) is 5.11 Å². The largest absolute Gasteiger partial charge is 0.469 e. The Balaban J connectivity index is 1.83. The molecular weight excluding hydrogens is 262 g/mol. The molecule has 0 saturated carbocycles. The number of furan rings is 1. The fourth-order valence-electron chi connectivity index (χ4n) is 1.97. The maximum atomic E-state index is 10.1. The molecule has 0 bridgehead atoms. The Bertz CT molecular complexity index is 499. The second kappa shape index (κ2) is 6.75. The van der Waals surface area contributed by atoms with Crippen LogP contribution in [0.4, 0.5) is 0 Å². The van der Waals surface area contributed by atoms with Gasteiger partial charge in [0.1, 0.15) is 5.76 Å². The maximum absolute atomic E-state index is 10.1. The van der Waals surface area contributed by atoms with Crippen molar-refractivity contribution in [2.45, 2.75) is 25.5 Å². The third-order valence-electron chi connectivity index (χ3n) is 3.01. The van der Waals surface area contributed by atoms with Crippen molar-refractivity contribution in [3.63, 3.8) is 0 Å². The fourth-order valence-corrected chi connectivity index (χ4v) is 2.23. The summed E-state index contributed by atoms with van der Waals surface area (Å²) in [6.07, 6.45) is 1.86. The van der Waals surface area contributed by atoms with Gasteiger partial charge in [0.25, 0.3) is 0 Å². The van der Waals surface area contributed by atoms with Crippen molar-refractivity contribution in [2.75, 3.05) is 6.54 Å². The molecule has 0 aliphatic heterocycles. The number of halogens is 1. The summed E-state index contributed by atoms with van der Waals surface area (Å²) < 4.78 is 5.29. The van der Waals surface area contributed by atoms with Crippen LogP contribution < -0.4 is 5.32 Å². The lowest BCUT2D eigenvalue weighted by Gasteiger charge is -2.17. The third kappa shape index (κ3) is 4.10. The number of aliphatic hydroxyl groups is 1. The first-order valence-corrected chi connectivity index (χ1v) is 6.73. The molecule has 4 heteroatoms. The molecule has 0 fully saturated rings. The summed E-state index contributed by atoms with van der Waals surface area (Å²) in [6.45, 7) is 2.52. The molecular formula is C15H18ClNO2. The average molecular weight is 280 g/mol. The molecule has 102 valence electrons. The van der Waals surface area contributed by atoms with Crippen LogP contribution in [0.2, 0.25) is 5.02 Å². The van der Waals surface area contributed by atoms with Crippen molar-refractivity contribution >= 4 is 11.6 Å². The van der Waals surface area contributed by atoms with Gasteiger partial charge in [0.15, 0.2) is 0 Å². The van der Waals surface area contributed by atoms with Crippen LogP contribution in [-0.2, 0) is 6.42 Å². The quantitative estimate of drug-likeness (QED) is 0.854. The topological polar surface area (TPSA) is 45.4 Å². The Morgan fingerprint density at radius 1 is 1.26 bits per heavy atom.